The quantitative estimate of drug-likeness (QED) is 0.534. The summed E-state index contributed by atoms with van der Waals surface area (Å²) in [6.45, 7) is 3.30. The molecule has 0 atom stereocenters. The van der Waals surface area contributed by atoms with Crippen molar-refractivity contribution in [2.75, 3.05) is 38.1 Å². The Morgan fingerprint density at radius 2 is 2.03 bits per heavy atom. The summed E-state index contributed by atoms with van der Waals surface area (Å²) < 4.78 is 39.5. The van der Waals surface area contributed by atoms with E-state index in [1.807, 2.05) is 6.07 Å². The largest absolute Gasteiger partial charge is 0.417 e. The van der Waals surface area contributed by atoms with E-state index in [-0.39, 0.29) is 28.9 Å². The molecule has 3 aromatic rings. The summed E-state index contributed by atoms with van der Waals surface area (Å²) in [6.07, 6.45) is 1.07. The molecule has 1 aliphatic heterocycles. The number of aromatic nitrogens is 4. The van der Waals surface area contributed by atoms with E-state index in [2.05, 4.69) is 30.2 Å². The van der Waals surface area contributed by atoms with Gasteiger partial charge >= 0.3 is 6.18 Å². The highest BCUT2D eigenvalue weighted by Gasteiger charge is 2.31. The van der Waals surface area contributed by atoms with Gasteiger partial charge in [-0.2, -0.15) is 18.4 Å². The van der Waals surface area contributed by atoms with Gasteiger partial charge in [0.25, 0.3) is 0 Å². The van der Waals surface area contributed by atoms with E-state index in [4.69, 9.17) is 5.11 Å². The Balaban J connectivity index is 1.56. The molecule has 0 amide bonds. The topological polar surface area (TPSA) is 114 Å². The molecule has 3 N–H and O–H groups in total. The Kier molecular flexibility index (Phi) is 6.25. The van der Waals surface area contributed by atoms with Crippen molar-refractivity contribution < 1.29 is 18.3 Å². The molecule has 0 aromatic carbocycles. The van der Waals surface area contributed by atoms with Gasteiger partial charge in [0.1, 0.15) is 11.7 Å². The standard InChI is InChI=1S/C21H22F3N7O/c22-21(23,24)15-7-16-17(12-27-19(16)26-11-15)18-14(8-25)10-29-20(30-18)28-9-13-1-3-31(4-2-13)5-6-32/h7,10-13,32H,1-6,9H2,(H,26,27)(H,28,29,30). The van der Waals surface area contributed by atoms with E-state index < -0.39 is 11.7 Å². The molecule has 0 saturated carbocycles. The van der Waals surface area contributed by atoms with Crippen molar-refractivity contribution in [3.05, 3.63) is 35.8 Å². The number of pyridine rings is 1. The van der Waals surface area contributed by atoms with E-state index in [1.165, 1.54) is 12.4 Å². The van der Waals surface area contributed by atoms with Gasteiger partial charge in [-0.3, -0.25) is 0 Å². The summed E-state index contributed by atoms with van der Waals surface area (Å²) in [5, 5.41) is 22.0. The van der Waals surface area contributed by atoms with Crippen LogP contribution in [0.1, 0.15) is 24.0 Å². The number of aliphatic hydroxyl groups is 1. The molecule has 32 heavy (non-hydrogen) atoms. The second kappa shape index (κ2) is 9.10. The first-order valence-electron chi connectivity index (χ1n) is 10.3. The molecule has 8 nitrogen and oxygen atoms in total. The maximum atomic E-state index is 13.2. The van der Waals surface area contributed by atoms with Crippen LogP contribution in [0.3, 0.4) is 0 Å². The van der Waals surface area contributed by atoms with E-state index in [0.29, 0.717) is 30.5 Å². The summed E-state index contributed by atoms with van der Waals surface area (Å²) in [7, 11) is 0. The molecule has 0 spiro atoms. The third kappa shape index (κ3) is 4.66. The van der Waals surface area contributed by atoms with Crippen molar-refractivity contribution in [2.45, 2.75) is 19.0 Å². The van der Waals surface area contributed by atoms with Crippen molar-refractivity contribution >= 4 is 17.0 Å². The van der Waals surface area contributed by atoms with Gasteiger partial charge in [-0.1, -0.05) is 0 Å². The fourth-order valence-corrected chi connectivity index (χ4v) is 3.90. The minimum atomic E-state index is -4.53. The molecular formula is C21H22F3N7O. The van der Waals surface area contributed by atoms with E-state index >= 15 is 0 Å². The van der Waals surface area contributed by atoms with Crippen molar-refractivity contribution in [3.63, 3.8) is 0 Å². The summed E-state index contributed by atoms with van der Waals surface area (Å²) >= 11 is 0. The maximum Gasteiger partial charge on any atom is 0.417 e. The normalized spacial score (nSPS) is 15.7. The number of halogens is 3. The zero-order valence-corrected chi connectivity index (χ0v) is 17.2. The zero-order chi connectivity index (χ0) is 22.7. The number of nitrogens with one attached hydrogen (secondary N) is 2. The summed E-state index contributed by atoms with van der Waals surface area (Å²) in [5.41, 5.74) is 0.170. The van der Waals surface area contributed by atoms with Crippen molar-refractivity contribution in [1.29, 1.82) is 5.26 Å². The first-order valence-corrected chi connectivity index (χ1v) is 10.3. The van der Waals surface area contributed by atoms with Gasteiger partial charge in [-0.05, 0) is 37.9 Å². The Labute approximate surface area is 182 Å². The monoisotopic (exact) mass is 445 g/mol. The van der Waals surface area contributed by atoms with Gasteiger partial charge in [-0.25, -0.2) is 15.0 Å². The molecule has 1 saturated heterocycles. The second-order valence-electron chi connectivity index (χ2n) is 7.78. The fraction of sp³-hybridized carbons (Fsp3) is 0.429. The number of likely N-dealkylation sites (tertiary alicyclic amines) is 1. The van der Waals surface area contributed by atoms with Crippen LogP contribution in [0.4, 0.5) is 19.1 Å². The van der Waals surface area contributed by atoms with Gasteiger partial charge < -0.3 is 20.3 Å². The number of β-amino-alcohol motifs (C(OH)–C–C–N with tert-alkyl or cyclic N) is 1. The third-order valence-corrected chi connectivity index (χ3v) is 5.69. The molecule has 0 unspecified atom stereocenters. The van der Waals surface area contributed by atoms with Crippen LogP contribution in [-0.4, -0.2) is 62.7 Å². The highest BCUT2D eigenvalue weighted by atomic mass is 19.4. The number of alkyl halides is 3. The lowest BCUT2D eigenvalue weighted by molar-refractivity contribution is -0.137. The van der Waals surface area contributed by atoms with E-state index in [1.54, 1.807) is 0 Å². The summed E-state index contributed by atoms with van der Waals surface area (Å²) in [6, 6.07) is 3.01. The number of hydrogen-bond acceptors (Lipinski definition) is 7. The molecule has 4 rings (SSSR count). The first kappa shape index (κ1) is 22.0. The van der Waals surface area contributed by atoms with Gasteiger partial charge in [0.05, 0.1) is 29.6 Å². The summed E-state index contributed by atoms with van der Waals surface area (Å²) in [5.74, 6) is 0.727. The molecule has 1 fully saturated rings. The molecule has 1 aliphatic rings. The van der Waals surface area contributed by atoms with Crippen LogP contribution in [0.25, 0.3) is 22.3 Å². The average molecular weight is 445 g/mol. The Morgan fingerprint density at radius 1 is 1.25 bits per heavy atom. The first-order chi connectivity index (χ1) is 15.4. The number of hydrogen-bond donors (Lipinski definition) is 3. The molecule has 168 valence electrons. The van der Waals surface area contributed by atoms with Gasteiger partial charge in [0.2, 0.25) is 5.95 Å². The molecule has 0 aliphatic carbocycles. The fourth-order valence-electron chi connectivity index (χ4n) is 3.90. The molecule has 4 heterocycles. The lowest BCUT2D eigenvalue weighted by atomic mass is 9.97. The minimum absolute atomic E-state index is 0.151. The van der Waals surface area contributed by atoms with E-state index in [0.717, 1.165) is 38.2 Å². The van der Waals surface area contributed by atoms with Crippen molar-refractivity contribution in [1.82, 2.24) is 24.8 Å². The third-order valence-electron chi connectivity index (χ3n) is 5.69. The number of aliphatic hydroxyl groups excluding tert-OH is 1. The molecule has 0 bridgehead atoms. The smallest absolute Gasteiger partial charge is 0.395 e. The average Bonchev–Trinajstić information content (AvgIpc) is 3.21. The Bertz CT molecular complexity index is 1130. The number of aromatic amines is 1. The van der Waals surface area contributed by atoms with Crippen molar-refractivity contribution in [3.8, 4) is 17.3 Å². The van der Waals surface area contributed by atoms with Crippen molar-refractivity contribution in [2.24, 2.45) is 5.92 Å². The highest BCUT2D eigenvalue weighted by Crippen LogP contribution is 2.34. The SMILES string of the molecule is N#Cc1cnc(NCC2CCN(CCO)CC2)nc1-c1c[nH]c2ncc(C(F)(F)F)cc12. The van der Waals surface area contributed by atoms with Crippen LogP contribution in [-0.2, 0) is 6.18 Å². The zero-order valence-electron chi connectivity index (χ0n) is 17.2. The lowest BCUT2D eigenvalue weighted by Crippen LogP contribution is -2.37. The number of rotatable bonds is 6. The lowest BCUT2D eigenvalue weighted by Gasteiger charge is -2.31. The van der Waals surface area contributed by atoms with Crippen LogP contribution in [0, 0.1) is 17.2 Å². The van der Waals surface area contributed by atoms with Crippen LogP contribution < -0.4 is 5.32 Å². The van der Waals surface area contributed by atoms with Gasteiger partial charge in [-0.15, -0.1) is 0 Å². The minimum Gasteiger partial charge on any atom is -0.395 e. The van der Waals surface area contributed by atoms with Crippen LogP contribution in [0.2, 0.25) is 0 Å². The number of fused-ring (bicyclic) bond motifs is 1. The number of H-pyrrole nitrogens is 1. The molecule has 3 aromatic heterocycles. The van der Waals surface area contributed by atoms with E-state index in [9.17, 15) is 18.4 Å². The molecular weight excluding hydrogens is 423 g/mol. The molecule has 0 radical (unpaired) electrons. The van der Waals surface area contributed by atoms with Crippen LogP contribution in [0.5, 0.6) is 0 Å². The van der Waals surface area contributed by atoms with Crippen LogP contribution in [0.15, 0.2) is 24.7 Å². The van der Waals surface area contributed by atoms with Gasteiger partial charge in [0, 0.05) is 36.4 Å². The predicted octanol–water partition coefficient (Wildman–Crippen LogP) is 3.03. The Morgan fingerprint density at radius 3 is 2.72 bits per heavy atom. The van der Waals surface area contributed by atoms with Crippen LogP contribution >= 0.6 is 0 Å². The second-order valence-corrected chi connectivity index (χ2v) is 7.78. The maximum absolute atomic E-state index is 13.2. The number of nitrogens with zero attached hydrogens (tertiary/aromatic N) is 5. The molecule has 11 heteroatoms. The highest BCUT2D eigenvalue weighted by molar-refractivity contribution is 5.94. The Hall–Kier alpha value is -3.23. The van der Waals surface area contributed by atoms with Gasteiger partial charge in [0.15, 0.2) is 0 Å². The predicted molar refractivity (Wildman–Crippen MR) is 112 cm³/mol. The number of piperidine rings is 1. The number of nitriles is 1. The summed E-state index contributed by atoms with van der Waals surface area (Å²) in [4.78, 5) is 17.5. The number of anilines is 1.